The number of thiophene rings is 1. The van der Waals surface area contributed by atoms with E-state index in [2.05, 4.69) is 0 Å². The fourth-order valence-corrected chi connectivity index (χ4v) is 6.32. The van der Waals surface area contributed by atoms with Crippen LogP contribution in [0.4, 0.5) is 0 Å². The Morgan fingerprint density at radius 1 is 1.24 bits per heavy atom. The van der Waals surface area contributed by atoms with Crippen LogP contribution in [0.15, 0.2) is 12.1 Å². The number of nitrogens with zero attached hydrogens (tertiary/aromatic N) is 2. The molecule has 0 amide bonds. The first-order valence-corrected chi connectivity index (χ1v) is 9.73. The van der Waals surface area contributed by atoms with Crippen LogP contribution in [0.2, 0.25) is 0 Å². The van der Waals surface area contributed by atoms with Gasteiger partial charge >= 0.3 is 0 Å². The molecule has 1 aromatic heterocycles. The van der Waals surface area contributed by atoms with Gasteiger partial charge in [-0.05, 0) is 31.9 Å². The highest BCUT2D eigenvalue weighted by Crippen LogP contribution is 2.38. The van der Waals surface area contributed by atoms with Gasteiger partial charge in [0.05, 0.1) is 12.6 Å². The van der Waals surface area contributed by atoms with Crippen molar-refractivity contribution in [1.82, 2.24) is 9.37 Å². The summed E-state index contributed by atoms with van der Waals surface area (Å²) in [5, 5.41) is 1.20. The number of rotatable bonds is 3. The normalized spacial score (nSPS) is 29.0. The molecule has 2 saturated heterocycles. The van der Waals surface area contributed by atoms with E-state index in [9.17, 15) is 8.42 Å². The Labute approximate surface area is 130 Å². The lowest BCUT2D eigenvalue weighted by Gasteiger charge is -2.30. The molecule has 0 N–H and O–H groups in total. The molecule has 21 heavy (non-hydrogen) atoms. The summed E-state index contributed by atoms with van der Waals surface area (Å²) < 4.78 is 27.6. The maximum atomic E-state index is 12.9. The Hall–Kier alpha value is -0.470. The van der Waals surface area contributed by atoms with Crippen LogP contribution in [0.25, 0.3) is 0 Å². The monoisotopic (exact) mass is 330 g/mol. The highest BCUT2D eigenvalue weighted by molar-refractivity contribution is 7.89. The van der Waals surface area contributed by atoms with Crippen LogP contribution in [-0.2, 0) is 14.9 Å². The molecule has 2 unspecified atom stereocenters. The molecule has 3 rings (SSSR count). The van der Waals surface area contributed by atoms with Crippen molar-refractivity contribution < 1.29 is 13.3 Å². The number of piperidine rings is 1. The highest BCUT2D eigenvalue weighted by atomic mass is 32.2. The van der Waals surface area contributed by atoms with Gasteiger partial charge in [-0.1, -0.05) is 6.42 Å². The minimum Gasteiger partial charge on any atom is -0.297 e. The summed E-state index contributed by atoms with van der Waals surface area (Å²) in [6, 6.07) is 3.86. The average molecular weight is 330 g/mol. The summed E-state index contributed by atoms with van der Waals surface area (Å²) in [6.07, 6.45) is 3.05. The number of aryl methyl sites for hydroxylation is 1. The molecular weight excluding hydrogens is 308 g/mol. The van der Waals surface area contributed by atoms with Gasteiger partial charge in [-0.15, -0.1) is 11.3 Å². The fourth-order valence-electron chi connectivity index (χ4n) is 3.13. The van der Waals surface area contributed by atoms with E-state index in [4.69, 9.17) is 4.84 Å². The van der Waals surface area contributed by atoms with E-state index in [-0.39, 0.29) is 12.6 Å². The third kappa shape index (κ3) is 2.90. The zero-order valence-electron chi connectivity index (χ0n) is 12.5. The van der Waals surface area contributed by atoms with Gasteiger partial charge in [0.1, 0.15) is 5.25 Å². The van der Waals surface area contributed by atoms with Crippen molar-refractivity contribution >= 4 is 21.4 Å². The lowest BCUT2D eigenvalue weighted by molar-refractivity contribution is -0.110. The van der Waals surface area contributed by atoms with Gasteiger partial charge in [0.15, 0.2) is 0 Å². The third-order valence-corrected chi connectivity index (χ3v) is 7.61. The van der Waals surface area contributed by atoms with Crippen molar-refractivity contribution in [1.29, 1.82) is 0 Å². The van der Waals surface area contributed by atoms with Crippen LogP contribution in [0.1, 0.15) is 35.1 Å². The maximum Gasteiger partial charge on any atom is 0.221 e. The smallest absolute Gasteiger partial charge is 0.221 e. The van der Waals surface area contributed by atoms with Crippen LogP contribution in [-0.4, -0.2) is 49.8 Å². The van der Waals surface area contributed by atoms with Crippen LogP contribution in [0.5, 0.6) is 0 Å². The summed E-state index contributed by atoms with van der Waals surface area (Å²) in [5.41, 5.74) is 0. The second-order valence-electron chi connectivity index (χ2n) is 5.78. The molecule has 5 nitrogen and oxygen atoms in total. The molecule has 0 spiro atoms. The summed E-state index contributed by atoms with van der Waals surface area (Å²) in [5.74, 6) is 0. The number of hydroxylamine groups is 2. The molecule has 2 aliphatic heterocycles. The van der Waals surface area contributed by atoms with Gasteiger partial charge in [-0.25, -0.2) is 12.7 Å². The van der Waals surface area contributed by atoms with E-state index < -0.39 is 15.3 Å². The molecule has 7 heteroatoms. The average Bonchev–Trinajstić information content (AvgIpc) is 3.06. The molecule has 0 bridgehead atoms. The minimum absolute atomic E-state index is 0.198. The number of sulfonamides is 1. The topological polar surface area (TPSA) is 49.9 Å². The molecule has 3 heterocycles. The SMILES string of the molecule is Cc1ccc(C2C(S(=O)(=O)N3CCCCC3)CON2C)s1. The molecular formula is C14H22N2O3S2. The summed E-state index contributed by atoms with van der Waals surface area (Å²) >= 11 is 1.65. The van der Waals surface area contributed by atoms with E-state index >= 15 is 0 Å². The van der Waals surface area contributed by atoms with Crippen molar-refractivity contribution in [2.75, 3.05) is 26.7 Å². The summed E-state index contributed by atoms with van der Waals surface area (Å²) in [4.78, 5) is 7.81. The Balaban J connectivity index is 1.89. The van der Waals surface area contributed by atoms with Gasteiger partial charge in [0, 0.05) is 29.9 Å². The van der Waals surface area contributed by atoms with E-state index in [1.165, 1.54) is 4.88 Å². The molecule has 118 valence electrons. The van der Waals surface area contributed by atoms with Crippen LogP contribution in [0, 0.1) is 6.92 Å². The molecule has 2 atom stereocenters. The molecule has 2 aliphatic rings. The van der Waals surface area contributed by atoms with E-state index in [1.807, 2.05) is 26.1 Å². The van der Waals surface area contributed by atoms with Crippen molar-refractivity contribution in [2.45, 2.75) is 37.5 Å². The van der Waals surface area contributed by atoms with E-state index in [0.717, 1.165) is 24.1 Å². The first-order valence-electron chi connectivity index (χ1n) is 7.41. The molecule has 1 aromatic rings. The largest absolute Gasteiger partial charge is 0.297 e. The Kier molecular flexibility index (Phi) is 4.38. The molecule has 0 radical (unpaired) electrons. The van der Waals surface area contributed by atoms with Crippen molar-refractivity contribution in [3.05, 3.63) is 21.9 Å². The van der Waals surface area contributed by atoms with Crippen molar-refractivity contribution in [3.8, 4) is 0 Å². The van der Waals surface area contributed by atoms with Crippen molar-refractivity contribution in [3.63, 3.8) is 0 Å². The van der Waals surface area contributed by atoms with Gasteiger partial charge < -0.3 is 0 Å². The van der Waals surface area contributed by atoms with E-state index in [1.54, 1.807) is 20.7 Å². The van der Waals surface area contributed by atoms with Crippen LogP contribution >= 0.6 is 11.3 Å². The van der Waals surface area contributed by atoms with Crippen LogP contribution in [0.3, 0.4) is 0 Å². The first-order chi connectivity index (χ1) is 10.00. The zero-order chi connectivity index (χ0) is 15.0. The lowest BCUT2D eigenvalue weighted by atomic mass is 10.2. The fraction of sp³-hybridized carbons (Fsp3) is 0.714. The number of hydrogen-bond acceptors (Lipinski definition) is 5. The van der Waals surface area contributed by atoms with Gasteiger partial charge in [0.2, 0.25) is 10.0 Å². The maximum absolute atomic E-state index is 12.9. The molecule has 2 fully saturated rings. The Morgan fingerprint density at radius 3 is 2.57 bits per heavy atom. The minimum atomic E-state index is -3.31. The zero-order valence-corrected chi connectivity index (χ0v) is 14.1. The quantitative estimate of drug-likeness (QED) is 0.852. The molecule has 0 saturated carbocycles. The highest BCUT2D eigenvalue weighted by Gasteiger charge is 2.46. The first kappa shape index (κ1) is 15.4. The van der Waals surface area contributed by atoms with Gasteiger partial charge in [-0.2, -0.15) is 5.06 Å². The predicted octanol–water partition coefficient (Wildman–Crippen LogP) is 2.16. The Morgan fingerprint density at radius 2 is 1.95 bits per heavy atom. The van der Waals surface area contributed by atoms with E-state index in [0.29, 0.717) is 13.1 Å². The second-order valence-corrected chi connectivity index (χ2v) is 9.25. The van der Waals surface area contributed by atoms with Crippen molar-refractivity contribution in [2.24, 2.45) is 0 Å². The predicted molar refractivity (Wildman–Crippen MR) is 83.6 cm³/mol. The summed E-state index contributed by atoms with van der Waals surface area (Å²) in [7, 11) is -1.48. The number of hydrogen-bond donors (Lipinski definition) is 0. The Bertz CT molecular complexity index is 593. The standard InChI is InChI=1S/C14H22N2O3S2/c1-11-6-7-12(20-11)14-13(10-19-15(14)2)21(17,18)16-8-4-3-5-9-16/h6-7,13-14H,3-5,8-10H2,1-2H3. The lowest BCUT2D eigenvalue weighted by Crippen LogP contribution is -2.44. The third-order valence-electron chi connectivity index (χ3n) is 4.30. The van der Waals surface area contributed by atoms with Gasteiger partial charge in [-0.3, -0.25) is 4.84 Å². The molecule has 0 aliphatic carbocycles. The van der Waals surface area contributed by atoms with Gasteiger partial charge in [0.25, 0.3) is 0 Å². The summed E-state index contributed by atoms with van der Waals surface area (Å²) in [6.45, 7) is 3.59. The van der Waals surface area contributed by atoms with Crippen LogP contribution < -0.4 is 0 Å². The second kappa shape index (κ2) is 5.96. The molecule has 0 aromatic carbocycles.